The fraction of sp³-hybridized carbons (Fsp3) is 1.00. The van der Waals surface area contributed by atoms with Gasteiger partial charge < -0.3 is 94.1 Å². The van der Waals surface area contributed by atoms with Crippen LogP contribution in [0.4, 0.5) is 0 Å². The molecule has 0 radical (unpaired) electrons. The number of ether oxygens (including phenoxy) is 8. The van der Waals surface area contributed by atoms with E-state index in [0.717, 1.165) is 0 Å². The lowest BCUT2D eigenvalue weighted by molar-refractivity contribution is -0.382. The first-order chi connectivity index (χ1) is 20.3. The molecule has 4 aliphatic heterocycles. The van der Waals surface area contributed by atoms with Crippen LogP contribution in [0.15, 0.2) is 0 Å². The SMILES string of the molecule is CO[C@@H]1[C@@H](O)[C@H](O[C@@H]2[C@@H](O)[C@H](O[C@@H]3CO[C@@H](O)[C@H](O[C@@H]4O[C@H](C)[C@@H](O)[C@H](O)[C@H]4O)[C@H]3O)O[C@H](CO)[C@H]2O)O[C@H](CO)[C@H]1O. The van der Waals surface area contributed by atoms with Crippen molar-refractivity contribution in [3.63, 3.8) is 0 Å². The molecular weight excluding hydrogens is 592 g/mol. The number of hydrogen-bond acceptors (Lipinski definition) is 19. The Morgan fingerprint density at radius 3 is 1.65 bits per heavy atom. The van der Waals surface area contributed by atoms with Gasteiger partial charge in [0.1, 0.15) is 85.5 Å². The van der Waals surface area contributed by atoms with Crippen LogP contribution in [-0.4, -0.2) is 200 Å². The second-order valence-electron chi connectivity index (χ2n) is 10.9. The van der Waals surface area contributed by atoms with Crippen LogP contribution in [0, 0.1) is 0 Å². The number of aliphatic hydroxyl groups excluding tert-OH is 11. The molecule has 19 atom stereocenters. The summed E-state index contributed by atoms with van der Waals surface area (Å²) in [6.45, 7) is -0.558. The molecule has 0 aliphatic carbocycles. The van der Waals surface area contributed by atoms with Crippen LogP contribution in [0.25, 0.3) is 0 Å². The molecule has 19 nitrogen and oxygen atoms in total. The van der Waals surface area contributed by atoms with Crippen LogP contribution in [-0.2, 0) is 37.9 Å². The first-order valence-corrected chi connectivity index (χ1v) is 13.8. The molecule has 43 heavy (non-hydrogen) atoms. The molecule has 4 heterocycles. The zero-order chi connectivity index (χ0) is 31.7. The minimum Gasteiger partial charge on any atom is -0.394 e. The minimum atomic E-state index is -1.87. The molecule has 0 amide bonds. The van der Waals surface area contributed by atoms with E-state index in [1.165, 1.54) is 14.0 Å². The zero-order valence-corrected chi connectivity index (χ0v) is 23.3. The zero-order valence-electron chi connectivity index (χ0n) is 23.3. The summed E-state index contributed by atoms with van der Waals surface area (Å²) in [5.41, 5.74) is 0. The Balaban J connectivity index is 1.46. The van der Waals surface area contributed by atoms with E-state index in [-0.39, 0.29) is 0 Å². The molecule has 4 fully saturated rings. The van der Waals surface area contributed by atoms with Crippen LogP contribution in [0.2, 0.25) is 0 Å². The van der Waals surface area contributed by atoms with Gasteiger partial charge in [-0.2, -0.15) is 0 Å². The molecule has 0 aromatic carbocycles. The maximum absolute atomic E-state index is 11.0. The molecule has 4 saturated heterocycles. The Labute approximate surface area is 245 Å². The maximum atomic E-state index is 11.0. The van der Waals surface area contributed by atoms with E-state index in [1.807, 2.05) is 0 Å². The molecule has 0 bridgehead atoms. The number of aliphatic hydroxyl groups is 11. The van der Waals surface area contributed by atoms with Crippen LogP contribution in [0.5, 0.6) is 0 Å². The van der Waals surface area contributed by atoms with Gasteiger partial charge in [-0.3, -0.25) is 0 Å². The maximum Gasteiger partial charge on any atom is 0.187 e. The second kappa shape index (κ2) is 14.8. The van der Waals surface area contributed by atoms with Gasteiger partial charge in [0, 0.05) is 7.11 Å². The van der Waals surface area contributed by atoms with Crippen LogP contribution >= 0.6 is 0 Å². The third-order valence-electron chi connectivity index (χ3n) is 8.05. The van der Waals surface area contributed by atoms with Gasteiger partial charge in [-0.25, -0.2) is 0 Å². The number of hydrogen-bond donors (Lipinski definition) is 11. The van der Waals surface area contributed by atoms with E-state index in [9.17, 15) is 56.2 Å². The van der Waals surface area contributed by atoms with Gasteiger partial charge in [-0.15, -0.1) is 0 Å². The van der Waals surface area contributed by atoms with E-state index in [2.05, 4.69) is 0 Å². The van der Waals surface area contributed by atoms with Crippen molar-refractivity contribution in [2.24, 2.45) is 0 Å². The van der Waals surface area contributed by atoms with Gasteiger partial charge >= 0.3 is 0 Å². The fourth-order valence-electron chi connectivity index (χ4n) is 5.41. The Morgan fingerprint density at radius 1 is 0.558 bits per heavy atom. The molecule has 11 N–H and O–H groups in total. The van der Waals surface area contributed by atoms with Gasteiger partial charge in [-0.1, -0.05) is 0 Å². The fourth-order valence-corrected chi connectivity index (χ4v) is 5.41. The van der Waals surface area contributed by atoms with Crippen molar-refractivity contribution in [2.75, 3.05) is 26.9 Å². The molecule has 0 aromatic heterocycles. The lowest BCUT2D eigenvalue weighted by Crippen LogP contribution is -2.66. The molecular formula is C24H42O19. The summed E-state index contributed by atoms with van der Waals surface area (Å²) in [6, 6.07) is 0. The largest absolute Gasteiger partial charge is 0.394 e. The quantitative estimate of drug-likeness (QED) is 0.112. The van der Waals surface area contributed by atoms with Crippen molar-refractivity contribution in [3.8, 4) is 0 Å². The van der Waals surface area contributed by atoms with Crippen molar-refractivity contribution in [1.82, 2.24) is 0 Å². The van der Waals surface area contributed by atoms with Crippen molar-refractivity contribution < 1.29 is 94.1 Å². The Morgan fingerprint density at radius 2 is 1.07 bits per heavy atom. The molecule has 19 heteroatoms. The van der Waals surface area contributed by atoms with Crippen molar-refractivity contribution >= 4 is 0 Å². The van der Waals surface area contributed by atoms with Crippen LogP contribution in [0.1, 0.15) is 6.92 Å². The molecule has 0 aromatic rings. The summed E-state index contributed by atoms with van der Waals surface area (Å²) in [4.78, 5) is 0. The monoisotopic (exact) mass is 634 g/mol. The van der Waals surface area contributed by atoms with Gasteiger partial charge in [-0.05, 0) is 6.92 Å². The number of methoxy groups -OCH3 is 1. The van der Waals surface area contributed by atoms with E-state index < -0.39 is 137 Å². The normalized spacial score (nSPS) is 53.1. The minimum absolute atomic E-state index is 0.478. The van der Waals surface area contributed by atoms with E-state index >= 15 is 0 Å². The lowest BCUT2D eigenvalue weighted by Gasteiger charge is -2.48. The summed E-state index contributed by atoms with van der Waals surface area (Å²) in [5.74, 6) is 0. The van der Waals surface area contributed by atoms with Gasteiger partial charge in [0.15, 0.2) is 25.2 Å². The summed E-state index contributed by atoms with van der Waals surface area (Å²) in [7, 11) is 1.19. The van der Waals surface area contributed by atoms with Crippen molar-refractivity contribution in [3.05, 3.63) is 0 Å². The van der Waals surface area contributed by atoms with Crippen molar-refractivity contribution in [1.29, 1.82) is 0 Å². The van der Waals surface area contributed by atoms with Crippen LogP contribution in [0.3, 0.4) is 0 Å². The van der Waals surface area contributed by atoms with Gasteiger partial charge in [0.2, 0.25) is 0 Å². The molecule has 0 spiro atoms. The molecule has 4 aliphatic rings. The number of rotatable bonds is 9. The highest BCUT2D eigenvalue weighted by Gasteiger charge is 2.53. The average Bonchev–Trinajstić information content (AvgIpc) is 2.98. The standard InChI is InChI=1S/C24H42O19/c1-6-10(27)14(31)15(32)22(38-6)43-20-13(30)9(5-37-21(20)35)41-23-17(34)19(12(29)8(4-26)39-23)42-24-16(33)18(36-2)11(28)7(3-25)40-24/h6-35H,3-5H2,1-2H3/t6-,7-,8-,9-,10-,11-,12-,13+,14+,15-,16-,17-,18+,19+,20-,21-,22+,23+,24+/m1/s1. The topological polar surface area (TPSA) is 296 Å². The third kappa shape index (κ3) is 7.15. The van der Waals surface area contributed by atoms with E-state index in [1.54, 1.807) is 0 Å². The molecule has 252 valence electrons. The Hall–Kier alpha value is -0.760. The molecule has 4 rings (SSSR count). The predicted molar refractivity (Wildman–Crippen MR) is 131 cm³/mol. The summed E-state index contributed by atoms with van der Waals surface area (Å²) >= 11 is 0. The lowest BCUT2D eigenvalue weighted by atomic mass is 9.96. The highest BCUT2D eigenvalue weighted by Crippen LogP contribution is 2.33. The molecule has 0 unspecified atom stereocenters. The van der Waals surface area contributed by atoms with Crippen LogP contribution < -0.4 is 0 Å². The average molecular weight is 635 g/mol. The third-order valence-corrected chi connectivity index (χ3v) is 8.05. The summed E-state index contributed by atoms with van der Waals surface area (Å²) in [6.07, 6.45) is -29.6. The first-order valence-electron chi connectivity index (χ1n) is 13.8. The van der Waals surface area contributed by atoms with E-state index in [0.29, 0.717) is 0 Å². The Bertz CT molecular complexity index is 870. The highest BCUT2D eigenvalue weighted by molar-refractivity contribution is 4.96. The summed E-state index contributed by atoms with van der Waals surface area (Å²) < 4.78 is 43.4. The smallest absolute Gasteiger partial charge is 0.187 e. The first kappa shape index (κ1) is 35.1. The Kier molecular flexibility index (Phi) is 12.1. The van der Waals surface area contributed by atoms with Gasteiger partial charge in [0.25, 0.3) is 0 Å². The summed E-state index contributed by atoms with van der Waals surface area (Å²) in [5, 5.41) is 113. The highest BCUT2D eigenvalue weighted by atomic mass is 16.8. The molecule has 0 saturated carbocycles. The second-order valence-corrected chi connectivity index (χ2v) is 10.9. The predicted octanol–water partition coefficient (Wildman–Crippen LogP) is -7.43. The van der Waals surface area contributed by atoms with Gasteiger partial charge in [0.05, 0.1) is 25.9 Å². The van der Waals surface area contributed by atoms with Crippen molar-refractivity contribution in [2.45, 2.75) is 124 Å². The van der Waals surface area contributed by atoms with E-state index in [4.69, 9.17) is 37.9 Å².